The predicted molar refractivity (Wildman–Crippen MR) is 49.8 cm³/mol. The van der Waals surface area contributed by atoms with Gasteiger partial charge in [0.25, 0.3) is 0 Å². The van der Waals surface area contributed by atoms with Gasteiger partial charge in [-0.05, 0) is 6.92 Å². The number of rotatable bonds is 4. The summed E-state index contributed by atoms with van der Waals surface area (Å²) in [5.74, 6) is -0.250. The minimum Gasteiger partial charge on any atom is -0.465 e. The number of carbonyl (C=O) groups excluding carboxylic acids is 1. The average molecular weight is 201 g/mol. The molecule has 0 aromatic carbocycles. The molecule has 1 rings (SSSR count). The van der Waals surface area contributed by atoms with Crippen molar-refractivity contribution in [2.24, 2.45) is 0 Å². The van der Waals surface area contributed by atoms with Gasteiger partial charge in [0, 0.05) is 7.05 Å². The summed E-state index contributed by atoms with van der Waals surface area (Å²) in [5, 5.41) is 8.20. The van der Waals surface area contributed by atoms with E-state index in [4.69, 9.17) is 4.74 Å². The third-order valence-corrected chi connectivity index (χ3v) is 2.15. The smallest absolute Gasteiger partial charge is 0.325 e. The van der Waals surface area contributed by atoms with Crippen LogP contribution in [0, 0.1) is 0 Å². The maximum absolute atomic E-state index is 11.0. The summed E-state index contributed by atoms with van der Waals surface area (Å²) in [4.78, 5) is 12.7. The Morgan fingerprint density at radius 3 is 3.08 bits per heavy atom. The molecule has 0 bridgehead atoms. The largest absolute Gasteiger partial charge is 0.465 e. The highest BCUT2D eigenvalue weighted by Gasteiger charge is 2.09. The highest BCUT2D eigenvalue weighted by atomic mass is 32.1. The zero-order valence-electron chi connectivity index (χ0n) is 7.56. The van der Waals surface area contributed by atoms with Crippen molar-refractivity contribution in [3.63, 3.8) is 0 Å². The number of esters is 1. The van der Waals surface area contributed by atoms with Gasteiger partial charge in [-0.2, -0.15) is 0 Å². The molecule has 0 atom stereocenters. The molecule has 13 heavy (non-hydrogen) atoms. The van der Waals surface area contributed by atoms with Crippen molar-refractivity contribution in [3.05, 3.63) is 5.51 Å². The van der Waals surface area contributed by atoms with Gasteiger partial charge in [-0.25, -0.2) is 0 Å². The number of hydrogen-bond acceptors (Lipinski definition) is 6. The first-order chi connectivity index (χ1) is 6.24. The zero-order valence-corrected chi connectivity index (χ0v) is 8.37. The summed E-state index contributed by atoms with van der Waals surface area (Å²) in [6.07, 6.45) is 0. The molecule has 0 radical (unpaired) electrons. The Labute approximate surface area is 80.3 Å². The van der Waals surface area contributed by atoms with E-state index in [1.54, 1.807) is 24.4 Å². The van der Waals surface area contributed by atoms with Gasteiger partial charge in [0.15, 0.2) is 0 Å². The van der Waals surface area contributed by atoms with E-state index in [1.807, 2.05) is 0 Å². The minimum atomic E-state index is -0.250. The maximum atomic E-state index is 11.0. The lowest BCUT2D eigenvalue weighted by atomic mass is 10.6. The highest BCUT2D eigenvalue weighted by Crippen LogP contribution is 2.12. The third kappa shape index (κ3) is 2.98. The Morgan fingerprint density at radius 2 is 2.54 bits per heavy atom. The first kappa shape index (κ1) is 9.91. The summed E-state index contributed by atoms with van der Waals surface area (Å²) in [5.41, 5.74) is 1.62. The molecule has 1 heterocycles. The molecule has 0 aliphatic carbocycles. The second-order valence-corrected chi connectivity index (χ2v) is 3.19. The fraction of sp³-hybridized carbons (Fsp3) is 0.571. The summed E-state index contributed by atoms with van der Waals surface area (Å²) >= 11 is 1.39. The Bertz CT molecular complexity index is 263. The predicted octanol–water partition coefficient (Wildman–Crippen LogP) is 0.537. The second-order valence-electron chi connectivity index (χ2n) is 2.38. The van der Waals surface area contributed by atoms with Crippen molar-refractivity contribution in [2.75, 3.05) is 25.1 Å². The summed E-state index contributed by atoms with van der Waals surface area (Å²) in [6, 6.07) is 0. The van der Waals surface area contributed by atoms with E-state index < -0.39 is 0 Å². The van der Waals surface area contributed by atoms with E-state index in [1.165, 1.54) is 11.3 Å². The Kier molecular flexibility index (Phi) is 3.63. The molecule has 0 amide bonds. The second kappa shape index (κ2) is 4.76. The van der Waals surface area contributed by atoms with E-state index in [2.05, 4.69) is 10.2 Å². The SMILES string of the molecule is CCOC(=O)CN(C)c1nncs1. The molecular formula is C7H11N3O2S. The standard InChI is InChI=1S/C7H11N3O2S/c1-3-12-6(11)4-10(2)7-9-8-5-13-7/h5H,3-4H2,1-2H3. The lowest BCUT2D eigenvalue weighted by Crippen LogP contribution is -2.26. The number of carbonyl (C=O) groups is 1. The first-order valence-electron chi connectivity index (χ1n) is 3.87. The van der Waals surface area contributed by atoms with Crippen LogP contribution in [0.4, 0.5) is 5.13 Å². The molecular weight excluding hydrogens is 190 g/mol. The van der Waals surface area contributed by atoms with Crippen LogP contribution in [0.5, 0.6) is 0 Å². The van der Waals surface area contributed by atoms with Gasteiger partial charge in [-0.1, -0.05) is 11.3 Å². The lowest BCUT2D eigenvalue weighted by molar-refractivity contribution is -0.141. The van der Waals surface area contributed by atoms with Gasteiger partial charge in [-0.3, -0.25) is 4.79 Å². The molecule has 1 aromatic rings. The number of hydrogen-bond donors (Lipinski definition) is 0. The average Bonchev–Trinajstić information content (AvgIpc) is 2.55. The number of likely N-dealkylation sites (N-methyl/N-ethyl adjacent to an activating group) is 1. The molecule has 6 heteroatoms. The van der Waals surface area contributed by atoms with Crippen molar-refractivity contribution < 1.29 is 9.53 Å². The van der Waals surface area contributed by atoms with Crippen molar-refractivity contribution in [1.29, 1.82) is 0 Å². The van der Waals surface area contributed by atoms with Crippen molar-refractivity contribution in [1.82, 2.24) is 10.2 Å². The number of anilines is 1. The fourth-order valence-corrected chi connectivity index (χ4v) is 1.33. The number of ether oxygens (including phenoxy) is 1. The first-order valence-corrected chi connectivity index (χ1v) is 4.75. The van der Waals surface area contributed by atoms with E-state index in [0.717, 1.165) is 0 Å². The van der Waals surface area contributed by atoms with Gasteiger partial charge in [0.2, 0.25) is 5.13 Å². The quantitative estimate of drug-likeness (QED) is 0.665. The number of aromatic nitrogens is 2. The van der Waals surface area contributed by atoms with Crippen LogP contribution >= 0.6 is 11.3 Å². The minimum absolute atomic E-state index is 0.211. The van der Waals surface area contributed by atoms with Crippen LogP contribution < -0.4 is 4.90 Å². The van der Waals surface area contributed by atoms with Crippen molar-refractivity contribution in [2.45, 2.75) is 6.92 Å². The van der Waals surface area contributed by atoms with Crippen LogP contribution in [0.1, 0.15) is 6.92 Å². The van der Waals surface area contributed by atoms with Crippen LogP contribution in [-0.4, -0.2) is 36.4 Å². The van der Waals surface area contributed by atoms with E-state index in [9.17, 15) is 4.79 Å². The van der Waals surface area contributed by atoms with Gasteiger partial charge >= 0.3 is 5.97 Å². The van der Waals surface area contributed by atoms with Crippen LogP contribution in [-0.2, 0) is 9.53 Å². The van der Waals surface area contributed by atoms with E-state index >= 15 is 0 Å². The molecule has 5 nitrogen and oxygen atoms in total. The molecule has 0 aliphatic heterocycles. The van der Waals surface area contributed by atoms with Crippen molar-refractivity contribution in [3.8, 4) is 0 Å². The molecule has 0 fully saturated rings. The Hall–Kier alpha value is -1.17. The van der Waals surface area contributed by atoms with Gasteiger partial charge in [-0.15, -0.1) is 10.2 Å². The van der Waals surface area contributed by atoms with Crippen LogP contribution in [0.15, 0.2) is 5.51 Å². The lowest BCUT2D eigenvalue weighted by Gasteiger charge is -2.12. The Balaban J connectivity index is 2.42. The van der Waals surface area contributed by atoms with Crippen molar-refractivity contribution >= 4 is 22.4 Å². The van der Waals surface area contributed by atoms with Crippen LogP contribution in [0.2, 0.25) is 0 Å². The monoisotopic (exact) mass is 201 g/mol. The summed E-state index contributed by atoms with van der Waals surface area (Å²) < 4.78 is 4.79. The van der Waals surface area contributed by atoms with Gasteiger partial charge in [0.1, 0.15) is 12.1 Å². The van der Waals surface area contributed by atoms with E-state index in [0.29, 0.717) is 11.7 Å². The topological polar surface area (TPSA) is 55.3 Å². The van der Waals surface area contributed by atoms with Crippen LogP contribution in [0.3, 0.4) is 0 Å². The molecule has 1 aromatic heterocycles. The van der Waals surface area contributed by atoms with Gasteiger partial charge < -0.3 is 9.64 Å². The molecule has 0 spiro atoms. The molecule has 0 aliphatic rings. The Morgan fingerprint density at radius 1 is 1.77 bits per heavy atom. The maximum Gasteiger partial charge on any atom is 0.325 e. The molecule has 0 unspecified atom stereocenters. The zero-order chi connectivity index (χ0) is 9.68. The van der Waals surface area contributed by atoms with E-state index in [-0.39, 0.29) is 12.5 Å². The van der Waals surface area contributed by atoms with Crippen LogP contribution in [0.25, 0.3) is 0 Å². The molecule has 72 valence electrons. The fourth-order valence-electron chi connectivity index (χ4n) is 0.801. The highest BCUT2D eigenvalue weighted by molar-refractivity contribution is 7.13. The molecule has 0 saturated carbocycles. The molecule has 0 saturated heterocycles. The normalized spacial score (nSPS) is 9.69. The summed E-state index contributed by atoms with van der Waals surface area (Å²) in [6.45, 7) is 2.40. The summed E-state index contributed by atoms with van der Waals surface area (Å²) in [7, 11) is 1.78. The van der Waals surface area contributed by atoms with Gasteiger partial charge in [0.05, 0.1) is 6.61 Å². The molecule has 0 N–H and O–H groups in total. The third-order valence-electron chi connectivity index (χ3n) is 1.35. The number of nitrogens with zero attached hydrogens (tertiary/aromatic N) is 3.